The molecule has 0 atom stereocenters. The molecule has 2 heterocycles. The van der Waals surface area contributed by atoms with Gasteiger partial charge in [0.25, 0.3) is 11.1 Å². The van der Waals surface area contributed by atoms with Crippen LogP contribution in [0, 0.1) is 0 Å². The number of benzene rings is 2. The molecule has 1 fully saturated rings. The van der Waals surface area contributed by atoms with E-state index in [0.717, 1.165) is 33.1 Å². The van der Waals surface area contributed by atoms with Gasteiger partial charge < -0.3 is 14.6 Å². The average Bonchev–Trinajstić information content (AvgIpc) is 3.27. The third-order valence-electron chi connectivity index (χ3n) is 5.27. The van der Waals surface area contributed by atoms with Crippen LogP contribution in [0.4, 0.5) is 4.79 Å². The SMILES string of the molecule is COCCNC(=O)Cn1cc(/C=C2\SC(=O)N(Cc3ccc(Cl)cc3Cl)C2=O)c2ccccc21. The molecular weight excluding hydrogens is 497 g/mol. The average molecular weight is 518 g/mol. The van der Waals surface area contributed by atoms with Crippen LogP contribution in [-0.2, 0) is 27.4 Å². The molecule has 0 spiro atoms. The van der Waals surface area contributed by atoms with Gasteiger partial charge in [0.15, 0.2) is 0 Å². The first-order valence-corrected chi connectivity index (χ1v) is 12.0. The lowest BCUT2D eigenvalue weighted by Gasteiger charge is -2.13. The summed E-state index contributed by atoms with van der Waals surface area (Å²) in [5.74, 6) is -0.542. The molecule has 1 aliphatic heterocycles. The number of methoxy groups -OCH3 is 1. The van der Waals surface area contributed by atoms with Crippen LogP contribution in [0.1, 0.15) is 11.1 Å². The standard InChI is InChI=1S/C24H21Cl2N3O4S/c1-33-9-8-27-22(30)14-28-12-16(18-4-2-3-5-20(18)28)10-21-23(31)29(24(32)34-21)13-15-6-7-17(25)11-19(15)26/h2-7,10-12H,8-9,13-14H2,1H3,(H,27,30)/b21-10-. The van der Waals surface area contributed by atoms with Gasteiger partial charge in [0.05, 0.1) is 18.1 Å². The van der Waals surface area contributed by atoms with Gasteiger partial charge in [-0.2, -0.15) is 0 Å². The molecule has 0 aliphatic carbocycles. The molecule has 0 saturated carbocycles. The third kappa shape index (κ3) is 5.31. The van der Waals surface area contributed by atoms with Crippen molar-refractivity contribution >= 4 is 69.0 Å². The number of hydrogen-bond acceptors (Lipinski definition) is 5. The van der Waals surface area contributed by atoms with Gasteiger partial charge in [-0.1, -0.05) is 47.5 Å². The Morgan fingerprint density at radius 2 is 1.97 bits per heavy atom. The lowest BCUT2D eigenvalue weighted by Crippen LogP contribution is -2.30. The van der Waals surface area contributed by atoms with Gasteiger partial charge in [-0.25, -0.2) is 0 Å². The molecule has 3 amide bonds. The first-order valence-electron chi connectivity index (χ1n) is 10.4. The number of aromatic nitrogens is 1. The number of ether oxygens (including phenoxy) is 1. The van der Waals surface area contributed by atoms with Crippen molar-refractivity contribution in [1.29, 1.82) is 0 Å². The summed E-state index contributed by atoms with van der Waals surface area (Å²) >= 11 is 13.0. The van der Waals surface area contributed by atoms with E-state index in [2.05, 4.69) is 5.32 Å². The number of amides is 3. The Bertz CT molecular complexity index is 1300. The Morgan fingerprint density at radius 3 is 2.74 bits per heavy atom. The second-order valence-electron chi connectivity index (χ2n) is 7.58. The molecule has 0 bridgehead atoms. The van der Waals surface area contributed by atoms with E-state index in [1.54, 1.807) is 31.4 Å². The highest BCUT2D eigenvalue weighted by Crippen LogP contribution is 2.36. The van der Waals surface area contributed by atoms with Crippen molar-refractivity contribution in [2.75, 3.05) is 20.3 Å². The van der Waals surface area contributed by atoms with Gasteiger partial charge in [-0.3, -0.25) is 19.3 Å². The second kappa shape index (κ2) is 10.7. The number of hydrogen-bond donors (Lipinski definition) is 1. The molecule has 34 heavy (non-hydrogen) atoms. The summed E-state index contributed by atoms with van der Waals surface area (Å²) in [6.07, 6.45) is 3.50. The maximum Gasteiger partial charge on any atom is 0.293 e. The van der Waals surface area contributed by atoms with Crippen molar-refractivity contribution in [3.05, 3.63) is 74.7 Å². The van der Waals surface area contributed by atoms with Gasteiger partial charge in [0.1, 0.15) is 6.54 Å². The Kier molecular flexibility index (Phi) is 7.63. The summed E-state index contributed by atoms with van der Waals surface area (Å²) in [6.45, 7) is 1.03. The van der Waals surface area contributed by atoms with E-state index < -0.39 is 5.91 Å². The zero-order valence-electron chi connectivity index (χ0n) is 18.2. The Labute approximate surface area is 210 Å². The molecule has 4 rings (SSSR count). The first-order chi connectivity index (χ1) is 16.4. The van der Waals surface area contributed by atoms with Crippen molar-refractivity contribution < 1.29 is 19.1 Å². The van der Waals surface area contributed by atoms with E-state index in [4.69, 9.17) is 27.9 Å². The minimum atomic E-state index is -0.393. The topological polar surface area (TPSA) is 80.6 Å². The highest BCUT2D eigenvalue weighted by Gasteiger charge is 2.35. The van der Waals surface area contributed by atoms with Crippen LogP contribution >= 0.6 is 35.0 Å². The normalized spacial score (nSPS) is 15.0. The lowest BCUT2D eigenvalue weighted by molar-refractivity contribution is -0.123. The fraction of sp³-hybridized carbons (Fsp3) is 0.208. The van der Waals surface area contributed by atoms with Crippen LogP contribution in [0.5, 0.6) is 0 Å². The van der Waals surface area contributed by atoms with Gasteiger partial charge in [-0.05, 0) is 41.6 Å². The number of nitrogens with zero attached hydrogens (tertiary/aromatic N) is 2. The maximum atomic E-state index is 13.0. The number of rotatable bonds is 8. The zero-order valence-corrected chi connectivity index (χ0v) is 20.5. The summed E-state index contributed by atoms with van der Waals surface area (Å²) < 4.78 is 6.78. The molecule has 7 nitrogen and oxygen atoms in total. The van der Waals surface area contributed by atoms with Crippen LogP contribution in [-0.4, -0.2) is 46.8 Å². The van der Waals surface area contributed by atoms with Crippen molar-refractivity contribution in [3.63, 3.8) is 0 Å². The fourth-order valence-corrected chi connectivity index (χ4v) is 4.92. The molecule has 10 heteroatoms. The molecule has 1 aliphatic rings. The number of imide groups is 1. The van der Waals surface area contributed by atoms with Gasteiger partial charge >= 0.3 is 0 Å². The van der Waals surface area contributed by atoms with E-state index >= 15 is 0 Å². The Balaban J connectivity index is 1.58. The zero-order chi connectivity index (χ0) is 24.2. The molecule has 0 radical (unpaired) electrons. The van der Waals surface area contributed by atoms with Crippen LogP contribution < -0.4 is 5.32 Å². The first kappa shape index (κ1) is 24.3. The smallest absolute Gasteiger partial charge is 0.293 e. The minimum Gasteiger partial charge on any atom is -0.383 e. The third-order valence-corrected chi connectivity index (χ3v) is 6.76. The van der Waals surface area contributed by atoms with Crippen LogP contribution in [0.3, 0.4) is 0 Å². The molecular formula is C24H21Cl2N3O4S. The molecule has 1 N–H and O–H groups in total. The summed E-state index contributed by atoms with van der Waals surface area (Å²) in [6, 6.07) is 12.5. The molecule has 1 saturated heterocycles. The highest BCUT2D eigenvalue weighted by molar-refractivity contribution is 8.18. The molecule has 3 aromatic rings. The van der Waals surface area contributed by atoms with E-state index in [1.165, 1.54) is 0 Å². The fourth-order valence-electron chi connectivity index (χ4n) is 3.62. The maximum absolute atomic E-state index is 13.0. The Hall–Kier alpha value is -2.78. The van der Waals surface area contributed by atoms with Crippen molar-refractivity contribution in [1.82, 2.24) is 14.8 Å². The van der Waals surface area contributed by atoms with E-state index in [-0.39, 0.29) is 24.2 Å². The highest BCUT2D eigenvalue weighted by atomic mass is 35.5. The summed E-state index contributed by atoms with van der Waals surface area (Å²) in [7, 11) is 1.57. The van der Waals surface area contributed by atoms with Crippen LogP contribution in [0.25, 0.3) is 17.0 Å². The van der Waals surface area contributed by atoms with Gasteiger partial charge in [-0.15, -0.1) is 0 Å². The number of carbonyl (C=O) groups excluding carboxylic acids is 3. The monoisotopic (exact) mass is 517 g/mol. The van der Waals surface area contributed by atoms with Crippen molar-refractivity contribution in [2.45, 2.75) is 13.1 Å². The molecule has 0 unspecified atom stereocenters. The molecule has 1 aromatic heterocycles. The predicted molar refractivity (Wildman–Crippen MR) is 135 cm³/mol. The Morgan fingerprint density at radius 1 is 1.18 bits per heavy atom. The van der Waals surface area contributed by atoms with Gasteiger partial charge in [0.2, 0.25) is 5.91 Å². The number of para-hydroxylation sites is 1. The molecule has 2 aromatic carbocycles. The largest absolute Gasteiger partial charge is 0.383 e. The number of thioether (sulfide) groups is 1. The molecule has 176 valence electrons. The summed E-state index contributed by atoms with van der Waals surface area (Å²) in [5, 5.41) is 4.17. The van der Waals surface area contributed by atoms with E-state index in [1.807, 2.05) is 35.0 Å². The summed E-state index contributed by atoms with van der Waals surface area (Å²) in [4.78, 5) is 39.4. The van der Waals surface area contributed by atoms with Gasteiger partial charge in [0, 0.05) is 46.4 Å². The predicted octanol–water partition coefficient (Wildman–Crippen LogP) is 4.95. The number of carbonyl (C=O) groups is 3. The number of nitrogens with one attached hydrogen (secondary N) is 1. The van der Waals surface area contributed by atoms with Crippen LogP contribution in [0.15, 0.2) is 53.6 Å². The minimum absolute atomic E-state index is 0.0570. The number of fused-ring (bicyclic) bond motifs is 1. The van der Waals surface area contributed by atoms with Crippen molar-refractivity contribution in [3.8, 4) is 0 Å². The van der Waals surface area contributed by atoms with Crippen LogP contribution in [0.2, 0.25) is 10.0 Å². The lowest BCUT2D eigenvalue weighted by atomic mass is 10.1. The van der Waals surface area contributed by atoms with Crippen molar-refractivity contribution in [2.24, 2.45) is 0 Å². The number of halogens is 2. The second-order valence-corrected chi connectivity index (χ2v) is 9.41. The quantitative estimate of drug-likeness (QED) is 0.337. The summed E-state index contributed by atoms with van der Waals surface area (Å²) in [5.41, 5.74) is 2.23. The van der Waals surface area contributed by atoms with E-state index in [9.17, 15) is 14.4 Å². The van der Waals surface area contributed by atoms with E-state index in [0.29, 0.717) is 33.7 Å².